The summed E-state index contributed by atoms with van der Waals surface area (Å²) in [5.74, 6) is -0.575. The monoisotopic (exact) mass is 500 g/mol. The number of benzene rings is 2. The first kappa shape index (κ1) is 24.3. The number of pyridine rings is 1. The van der Waals surface area contributed by atoms with Gasteiger partial charge in [0.1, 0.15) is 5.75 Å². The number of carbonyl (C=O) groups is 1. The van der Waals surface area contributed by atoms with Gasteiger partial charge in [0.15, 0.2) is 0 Å². The van der Waals surface area contributed by atoms with E-state index in [4.69, 9.17) is 17.3 Å². The summed E-state index contributed by atoms with van der Waals surface area (Å²) in [5.41, 5.74) is 9.98. The Balaban J connectivity index is 1.47. The Bertz CT molecular complexity index is 1280. The lowest BCUT2D eigenvalue weighted by molar-refractivity contribution is -0.274. The minimum absolute atomic E-state index is 0.207. The number of aromatic nitrogens is 1. The lowest BCUT2D eigenvalue weighted by atomic mass is 10.0. The molecule has 2 heterocycles. The number of allylic oxidation sites excluding steroid dienone is 1. The number of hydrogen-bond donors (Lipinski definition) is 1. The van der Waals surface area contributed by atoms with Crippen LogP contribution in [0.2, 0.25) is 5.02 Å². The van der Waals surface area contributed by atoms with Gasteiger partial charge in [-0.15, -0.1) is 13.2 Å². The summed E-state index contributed by atoms with van der Waals surface area (Å²) >= 11 is 6.46. The third-order valence-electron chi connectivity index (χ3n) is 5.33. The quantitative estimate of drug-likeness (QED) is 0.443. The average molecular weight is 501 g/mol. The third kappa shape index (κ3) is 5.99. The molecular formula is C25H20ClF3N4O2. The highest BCUT2D eigenvalue weighted by Gasteiger charge is 2.32. The van der Waals surface area contributed by atoms with E-state index in [1.54, 1.807) is 29.6 Å². The van der Waals surface area contributed by atoms with Gasteiger partial charge in [-0.1, -0.05) is 23.7 Å². The van der Waals surface area contributed by atoms with Gasteiger partial charge in [0, 0.05) is 43.5 Å². The summed E-state index contributed by atoms with van der Waals surface area (Å²) in [6.07, 6.45) is 1.70. The molecule has 0 bridgehead atoms. The van der Waals surface area contributed by atoms with Crippen LogP contribution in [0.1, 0.15) is 32.6 Å². The molecule has 1 aliphatic heterocycles. The van der Waals surface area contributed by atoms with Gasteiger partial charge in [-0.3, -0.25) is 14.8 Å². The molecule has 2 aromatic carbocycles. The smallest absolute Gasteiger partial charge is 0.406 e. The van der Waals surface area contributed by atoms with Crippen molar-refractivity contribution in [2.45, 2.75) is 26.0 Å². The van der Waals surface area contributed by atoms with Gasteiger partial charge in [0.25, 0.3) is 5.91 Å². The zero-order valence-electron chi connectivity index (χ0n) is 18.3. The lowest BCUT2D eigenvalue weighted by Crippen LogP contribution is -2.23. The van der Waals surface area contributed by atoms with Crippen molar-refractivity contribution in [3.8, 4) is 5.75 Å². The highest BCUT2D eigenvalue weighted by Crippen LogP contribution is 2.33. The van der Waals surface area contributed by atoms with Crippen LogP contribution in [0.5, 0.6) is 5.75 Å². The summed E-state index contributed by atoms with van der Waals surface area (Å²) in [7, 11) is 0. The Labute approximate surface area is 204 Å². The maximum absolute atomic E-state index is 13.0. The number of fused-ring (bicyclic) bond motifs is 1. The van der Waals surface area contributed by atoms with Crippen molar-refractivity contribution in [2.24, 2.45) is 10.7 Å². The van der Waals surface area contributed by atoms with Crippen LogP contribution >= 0.6 is 11.6 Å². The zero-order chi connectivity index (χ0) is 25.0. The number of hydrogen-bond acceptors (Lipinski definition) is 5. The van der Waals surface area contributed by atoms with Crippen molar-refractivity contribution in [3.05, 3.63) is 100.0 Å². The van der Waals surface area contributed by atoms with Gasteiger partial charge in [0.05, 0.1) is 17.1 Å². The molecule has 6 nitrogen and oxygen atoms in total. The minimum atomic E-state index is -4.76. The Hall–Kier alpha value is -3.85. The van der Waals surface area contributed by atoms with E-state index < -0.39 is 6.36 Å². The van der Waals surface area contributed by atoms with E-state index in [0.717, 1.165) is 16.7 Å². The zero-order valence-corrected chi connectivity index (χ0v) is 19.1. The fourth-order valence-electron chi connectivity index (χ4n) is 3.73. The molecule has 0 fully saturated rings. The van der Waals surface area contributed by atoms with Gasteiger partial charge in [-0.2, -0.15) is 0 Å². The van der Waals surface area contributed by atoms with E-state index in [1.807, 2.05) is 18.2 Å². The van der Waals surface area contributed by atoms with Crippen LogP contribution in [0, 0.1) is 0 Å². The fraction of sp³-hybridized carbons (Fsp3) is 0.160. The van der Waals surface area contributed by atoms with Crippen LogP contribution in [0.4, 0.5) is 13.2 Å². The molecule has 1 amide bonds. The summed E-state index contributed by atoms with van der Waals surface area (Å²) < 4.78 is 41.0. The number of halogens is 4. The van der Waals surface area contributed by atoms with E-state index in [9.17, 15) is 18.0 Å². The van der Waals surface area contributed by atoms with E-state index in [-0.39, 0.29) is 18.2 Å². The molecule has 1 aliphatic rings. The second-order valence-corrected chi connectivity index (χ2v) is 8.20. The highest BCUT2D eigenvalue weighted by atomic mass is 35.5. The minimum Gasteiger partial charge on any atom is -0.406 e. The van der Waals surface area contributed by atoms with E-state index in [2.05, 4.69) is 14.7 Å². The van der Waals surface area contributed by atoms with Gasteiger partial charge in [0.2, 0.25) is 0 Å². The third-order valence-corrected chi connectivity index (χ3v) is 5.63. The Morgan fingerprint density at radius 2 is 1.86 bits per heavy atom. The lowest BCUT2D eigenvalue weighted by Gasteiger charge is -2.16. The van der Waals surface area contributed by atoms with Crippen molar-refractivity contribution in [2.75, 3.05) is 0 Å². The molecule has 1 aromatic heterocycles. The van der Waals surface area contributed by atoms with Crippen molar-refractivity contribution < 1.29 is 22.7 Å². The number of amides is 1. The number of nitrogens with two attached hydrogens (primary N) is 1. The van der Waals surface area contributed by atoms with E-state index in [1.165, 1.54) is 30.5 Å². The highest BCUT2D eigenvalue weighted by molar-refractivity contribution is 6.34. The van der Waals surface area contributed by atoms with Crippen LogP contribution in [0.25, 0.3) is 5.57 Å². The van der Waals surface area contributed by atoms with Gasteiger partial charge < -0.3 is 15.4 Å². The number of rotatable bonds is 7. The second kappa shape index (κ2) is 10.2. The summed E-state index contributed by atoms with van der Waals surface area (Å²) in [6, 6.07) is 12.6. The summed E-state index contributed by atoms with van der Waals surface area (Å²) in [4.78, 5) is 22.9. The summed E-state index contributed by atoms with van der Waals surface area (Å²) in [6.45, 7) is 0.963. The van der Waals surface area contributed by atoms with E-state index >= 15 is 0 Å². The van der Waals surface area contributed by atoms with Crippen LogP contribution in [0.15, 0.2) is 72.1 Å². The molecule has 10 heteroatoms. The molecular weight excluding hydrogens is 481 g/mol. The van der Waals surface area contributed by atoms with Gasteiger partial charge >= 0.3 is 6.36 Å². The van der Waals surface area contributed by atoms with Crippen LogP contribution in [0.3, 0.4) is 0 Å². The van der Waals surface area contributed by atoms with Gasteiger partial charge in [-0.05, 0) is 58.7 Å². The SMILES string of the molecule is NC=C(C=NCc1ccncc1)c1cc(Cl)c2c(c1)CN(Cc1ccc(OC(F)(F)F)cc1)C2=O. The van der Waals surface area contributed by atoms with Crippen molar-refractivity contribution in [3.63, 3.8) is 0 Å². The van der Waals surface area contributed by atoms with Crippen molar-refractivity contribution in [1.82, 2.24) is 9.88 Å². The Morgan fingerprint density at radius 1 is 1.14 bits per heavy atom. The molecule has 0 spiro atoms. The molecule has 0 unspecified atom stereocenters. The first-order chi connectivity index (χ1) is 16.7. The molecule has 4 rings (SSSR count). The molecule has 0 atom stereocenters. The normalized spacial score (nSPS) is 14.0. The molecule has 0 saturated heterocycles. The topological polar surface area (TPSA) is 80.8 Å². The predicted molar refractivity (Wildman–Crippen MR) is 127 cm³/mol. The standard InChI is InChI=1S/C25H20ClF3N4O2/c26-22-10-18(20(11-30)13-32-12-16-5-7-31-8-6-16)9-19-15-33(24(34)23(19)22)14-17-1-3-21(4-2-17)35-25(27,28)29/h1-11,13H,12,14-15,30H2. The molecule has 2 N–H and O–H groups in total. The first-order valence-electron chi connectivity index (χ1n) is 10.5. The van der Waals surface area contributed by atoms with Crippen LogP contribution < -0.4 is 10.5 Å². The molecule has 180 valence electrons. The molecule has 0 radical (unpaired) electrons. The fourth-order valence-corrected chi connectivity index (χ4v) is 4.05. The predicted octanol–water partition coefficient (Wildman–Crippen LogP) is 5.36. The largest absolute Gasteiger partial charge is 0.573 e. The van der Waals surface area contributed by atoms with Crippen LogP contribution in [-0.4, -0.2) is 28.4 Å². The number of alkyl halides is 3. The summed E-state index contributed by atoms with van der Waals surface area (Å²) in [5, 5.41) is 0.292. The van der Waals surface area contributed by atoms with Crippen molar-refractivity contribution >= 4 is 29.3 Å². The number of carbonyl (C=O) groups excluding carboxylic acids is 1. The van der Waals surface area contributed by atoms with Crippen molar-refractivity contribution in [1.29, 1.82) is 0 Å². The molecule has 0 saturated carbocycles. The Morgan fingerprint density at radius 3 is 2.51 bits per heavy atom. The first-order valence-corrected chi connectivity index (χ1v) is 10.9. The number of nitrogens with zero attached hydrogens (tertiary/aromatic N) is 3. The number of ether oxygens (including phenoxy) is 1. The Kier molecular flexibility index (Phi) is 7.07. The average Bonchev–Trinajstić information content (AvgIpc) is 3.13. The maximum atomic E-state index is 13.0. The van der Waals surface area contributed by atoms with Crippen LogP contribution in [-0.2, 0) is 19.6 Å². The maximum Gasteiger partial charge on any atom is 0.573 e. The molecule has 0 aliphatic carbocycles. The number of aliphatic imine (C=N–C) groups is 1. The van der Waals surface area contributed by atoms with E-state index in [0.29, 0.717) is 34.8 Å². The molecule has 35 heavy (non-hydrogen) atoms. The second-order valence-electron chi connectivity index (χ2n) is 7.79. The molecule has 3 aromatic rings. The van der Waals surface area contributed by atoms with Gasteiger partial charge in [-0.25, -0.2) is 0 Å².